The van der Waals surface area contributed by atoms with Crippen LogP contribution in [0.15, 0.2) is 28.1 Å². The molecule has 0 radical (unpaired) electrons. The summed E-state index contributed by atoms with van der Waals surface area (Å²) in [5.74, 6) is 2.02. The molecule has 1 aliphatic rings. The lowest BCUT2D eigenvalue weighted by molar-refractivity contribution is -0.116. The van der Waals surface area contributed by atoms with Crippen LogP contribution in [0.3, 0.4) is 0 Å². The maximum absolute atomic E-state index is 12.2. The molecule has 0 unspecified atom stereocenters. The minimum atomic E-state index is -0.117. The molecule has 0 atom stereocenters. The standard InChI is InChI=1S/C19H20N4O3S/c1-2-3-16-21-18(26-23-16)7-6-17(24)22-19-20-14(11-27-19)12-4-5-15-13(10-12)8-9-25-15/h4-5,10-11H,2-3,6-9H2,1H3,(H,20,22,24). The van der Waals surface area contributed by atoms with Crippen LogP contribution in [0.25, 0.3) is 11.3 Å². The molecule has 3 heterocycles. The van der Waals surface area contributed by atoms with Crippen molar-refractivity contribution in [2.45, 2.75) is 39.0 Å². The summed E-state index contributed by atoms with van der Waals surface area (Å²) < 4.78 is 10.7. The van der Waals surface area contributed by atoms with Crippen molar-refractivity contribution in [3.8, 4) is 17.0 Å². The first-order valence-corrected chi connectivity index (χ1v) is 9.92. The molecular formula is C19H20N4O3S. The topological polar surface area (TPSA) is 90.1 Å². The number of thiazole rings is 1. The molecule has 0 bridgehead atoms. The molecule has 1 aliphatic heterocycles. The quantitative estimate of drug-likeness (QED) is 0.669. The van der Waals surface area contributed by atoms with Gasteiger partial charge in [0.2, 0.25) is 11.8 Å². The second-order valence-corrected chi connectivity index (χ2v) is 7.22. The van der Waals surface area contributed by atoms with Gasteiger partial charge in [0, 0.05) is 36.6 Å². The summed E-state index contributed by atoms with van der Waals surface area (Å²) in [4.78, 5) is 21.0. The highest BCUT2D eigenvalue weighted by Gasteiger charge is 2.15. The van der Waals surface area contributed by atoms with Gasteiger partial charge in [0.15, 0.2) is 11.0 Å². The van der Waals surface area contributed by atoms with Gasteiger partial charge in [0.1, 0.15) is 5.75 Å². The lowest BCUT2D eigenvalue weighted by atomic mass is 10.1. The highest BCUT2D eigenvalue weighted by Crippen LogP contribution is 2.31. The van der Waals surface area contributed by atoms with Crippen LogP contribution in [-0.2, 0) is 24.1 Å². The van der Waals surface area contributed by atoms with Gasteiger partial charge in [-0.15, -0.1) is 11.3 Å². The normalized spacial score (nSPS) is 12.6. The van der Waals surface area contributed by atoms with Crippen LogP contribution in [0.2, 0.25) is 0 Å². The summed E-state index contributed by atoms with van der Waals surface area (Å²) in [6, 6.07) is 6.08. The summed E-state index contributed by atoms with van der Waals surface area (Å²) >= 11 is 1.41. The van der Waals surface area contributed by atoms with E-state index in [1.165, 1.54) is 16.9 Å². The van der Waals surface area contributed by atoms with Gasteiger partial charge in [-0.05, 0) is 30.2 Å². The third-order valence-electron chi connectivity index (χ3n) is 4.29. The molecule has 140 valence electrons. The molecule has 2 aromatic heterocycles. The van der Waals surface area contributed by atoms with Gasteiger partial charge in [-0.1, -0.05) is 12.1 Å². The summed E-state index contributed by atoms with van der Waals surface area (Å²) in [6.45, 7) is 2.79. The Balaban J connectivity index is 1.34. The van der Waals surface area contributed by atoms with E-state index in [-0.39, 0.29) is 12.3 Å². The highest BCUT2D eigenvalue weighted by molar-refractivity contribution is 7.14. The molecule has 0 spiro atoms. The number of benzene rings is 1. The van der Waals surface area contributed by atoms with Crippen molar-refractivity contribution in [1.29, 1.82) is 0 Å². The number of hydrogen-bond acceptors (Lipinski definition) is 7. The lowest BCUT2D eigenvalue weighted by Crippen LogP contribution is -2.12. The van der Waals surface area contributed by atoms with Gasteiger partial charge in [-0.3, -0.25) is 4.79 Å². The number of aromatic nitrogens is 3. The fourth-order valence-electron chi connectivity index (χ4n) is 2.93. The molecular weight excluding hydrogens is 364 g/mol. The number of aryl methyl sites for hydroxylation is 2. The Morgan fingerprint density at radius 1 is 1.30 bits per heavy atom. The molecule has 3 aromatic rings. The first-order chi connectivity index (χ1) is 13.2. The predicted octanol–water partition coefficient (Wildman–Crippen LogP) is 3.65. The fourth-order valence-corrected chi connectivity index (χ4v) is 3.66. The average Bonchev–Trinajstić information content (AvgIpc) is 3.40. The van der Waals surface area contributed by atoms with Gasteiger partial charge in [-0.25, -0.2) is 4.98 Å². The SMILES string of the molecule is CCCc1noc(CCC(=O)Nc2nc(-c3ccc4c(c3)CCO4)cs2)n1. The molecule has 7 nitrogen and oxygen atoms in total. The van der Waals surface area contributed by atoms with Gasteiger partial charge < -0.3 is 14.6 Å². The number of nitrogens with one attached hydrogen (secondary N) is 1. The van der Waals surface area contributed by atoms with Crippen LogP contribution in [0, 0.1) is 0 Å². The number of anilines is 1. The van der Waals surface area contributed by atoms with Crippen LogP contribution in [0.5, 0.6) is 5.75 Å². The Morgan fingerprint density at radius 3 is 3.11 bits per heavy atom. The monoisotopic (exact) mass is 384 g/mol. The first-order valence-electron chi connectivity index (χ1n) is 9.04. The van der Waals surface area contributed by atoms with E-state index < -0.39 is 0 Å². The van der Waals surface area contributed by atoms with Crippen molar-refractivity contribution in [1.82, 2.24) is 15.1 Å². The number of nitrogens with zero attached hydrogens (tertiary/aromatic N) is 3. The van der Waals surface area contributed by atoms with Crippen LogP contribution in [0.4, 0.5) is 5.13 Å². The molecule has 4 rings (SSSR count). The zero-order chi connectivity index (χ0) is 18.6. The lowest BCUT2D eigenvalue weighted by Gasteiger charge is -2.02. The number of ether oxygens (including phenoxy) is 1. The van der Waals surface area contributed by atoms with Gasteiger partial charge >= 0.3 is 0 Å². The van der Waals surface area contributed by atoms with Crippen molar-refractivity contribution in [3.63, 3.8) is 0 Å². The summed E-state index contributed by atoms with van der Waals surface area (Å²) in [5.41, 5.74) is 3.09. The average molecular weight is 384 g/mol. The molecule has 1 aromatic carbocycles. The number of amides is 1. The first kappa shape index (κ1) is 17.7. The smallest absolute Gasteiger partial charge is 0.227 e. The maximum atomic E-state index is 12.2. The Labute approximate surface area is 160 Å². The van der Waals surface area contributed by atoms with Crippen molar-refractivity contribution >= 4 is 22.4 Å². The van der Waals surface area contributed by atoms with E-state index in [9.17, 15) is 4.79 Å². The molecule has 0 saturated heterocycles. The minimum absolute atomic E-state index is 0.117. The van der Waals surface area contributed by atoms with Gasteiger partial charge in [0.05, 0.1) is 12.3 Å². The maximum Gasteiger partial charge on any atom is 0.227 e. The summed E-state index contributed by atoms with van der Waals surface area (Å²) in [7, 11) is 0. The number of hydrogen-bond donors (Lipinski definition) is 1. The van der Waals surface area contributed by atoms with Gasteiger partial charge in [0.25, 0.3) is 0 Å². The number of carbonyl (C=O) groups is 1. The van der Waals surface area contributed by atoms with Crippen molar-refractivity contribution in [2.24, 2.45) is 0 Å². The van der Waals surface area contributed by atoms with Crippen LogP contribution >= 0.6 is 11.3 Å². The van der Waals surface area contributed by atoms with Crippen LogP contribution in [0.1, 0.15) is 37.0 Å². The van der Waals surface area contributed by atoms with Crippen molar-refractivity contribution in [2.75, 3.05) is 11.9 Å². The van der Waals surface area contributed by atoms with Crippen molar-refractivity contribution in [3.05, 3.63) is 40.9 Å². The van der Waals surface area contributed by atoms with E-state index in [0.717, 1.165) is 42.9 Å². The largest absolute Gasteiger partial charge is 0.493 e. The second-order valence-electron chi connectivity index (χ2n) is 6.36. The van der Waals surface area contributed by atoms with Gasteiger partial charge in [-0.2, -0.15) is 4.98 Å². The second kappa shape index (κ2) is 7.87. The molecule has 0 saturated carbocycles. The number of carbonyl (C=O) groups excluding carboxylic acids is 1. The molecule has 0 fully saturated rings. The number of fused-ring (bicyclic) bond motifs is 1. The van der Waals surface area contributed by atoms with E-state index in [1.54, 1.807) is 0 Å². The molecule has 8 heteroatoms. The molecule has 27 heavy (non-hydrogen) atoms. The zero-order valence-electron chi connectivity index (χ0n) is 15.0. The van der Waals surface area contributed by atoms with E-state index >= 15 is 0 Å². The van der Waals surface area contributed by atoms with E-state index in [2.05, 4.69) is 33.4 Å². The summed E-state index contributed by atoms with van der Waals surface area (Å²) in [6.07, 6.45) is 3.37. The molecule has 1 N–H and O–H groups in total. The van der Waals surface area contributed by atoms with E-state index in [1.807, 2.05) is 17.5 Å². The van der Waals surface area contributed by atoms with Crippen LogP contribution in [-0.4, -0.2) is 27.6 Å². The Morgan fingerprint density at radius 2 is 2.22 bits per heavy atom. The van der Waals surface area contributed by atoms with Crippen LogP contribution < -0.4 is 10.1 Å². The highest BCUT2D eigenvalue weighted by atomic mass is 32.1. The summed E-state index contributed by atoms with van der Waals surface area (Å²) in [5, 5.41) is 9.27. The Bertz CT molecular complexity index is 950. The zero-order valence-corrected chi connectivity index (χ0v) is 15.8. The third-order valence-corrected chi connectivity index (χ3v) is 5.04. The molecule has 0 aliphatic carbocycles. The number of rotatable bonds is 7. The van der Waals surface area contributed by atoms with E-state index in [4.69, 9.17) is 9.26 Å². The predicted molar refractivity (Wildman–Crippen MR) is 102 cm³/mol. The molecule has 1 amide bonds. The Kier molecular flexibility index (Phi) is 5.15. The third kappa shape index (κ3) is 4.16. The minimum Gasteiger partial charge on any atom is -0.493 e. The van der Waals surface area contributed by atoms with Crippen molar-refractivity contribution < 1.29 is 14.1 Å². The fraction of sp³-hybridized carbons (Fsp3) is 0.368. The Hall–Kier alpha value is -2.74. The van der Waals surface area contributed by atoms with E-state index in [0.29, 0.717) is 23.3 Å².